The standard InChI is InChI=1S/C11H8ClN3S5/c1-16-9-14-11(20-15-9)18-5-17-10-13-7-4-6(12)2-3-8(7)19-10/h2-4H,5H2,1H3. The second-order valence-corrected chi connectivity index (χ2v) is 9.35. The van der Waals surface area contributed by atoms with Gasteiger partial charge >= 0.3 is 0 Å². The summed E-state index contributed by atoms with van der Waals surface area (Å²) in [5.41, 5.74) is 0.968. The van der Waals surface area contributed by atoms with Gasteiger partial charge in [0.05, 0.1) is 15.3 Å². The number of hydrogen-bond donors (Lipinski definition) is 0. The zero-order chi connectivity index (χ0) is 13.9. The van der Waals surface area contributed by atoms with Crippen LogP contribution in [0.1, 0.15) is 0 Å². The number of hydrogen-bond acceptors (Lipinski definition) is 8. The fraction of sp³-hybridized carbons (Fsp3) is 0.182. The van der Waals surface area contributed by atoms with Gasteiger partial charge in [-0.2, -0.15) is 4.37 Å². The third kappa shape index (κ3) is 3.61. The Morgan fingerprint density at radius 1 is 1.20 bits per heavy atom. The number of nitrogens with zero attached hydrogens (tertiary/aromatic N) is 3. The Morgan fingerprint density at radius 2 is 2.05 bits per heavy atom. The molecule has 0 amide bonds. The normalized spacial score (nSPS) is 11.3. The molecule has 20 heavy (non-hydrogen) atoms. The monoisotopic (exact) mass is 377 g/mol. The average Bonchev–Trinajstić information content (AvgIpc) is 3.04. The Bertz CT molecular complexity index is 726. The molecule has 0 unspecified atom stereocenters. The lowest BCUT2D eigenvalue weighted by molar-refractivity contribution is 1.02. The van der Waals surface area contributed by atoms with Gasteiger partial charge in [0.2, 0.25) is 5.16 Å². The molecule has 3 aromatic rings. The highest BCUT2D eigenvalue weighted by Gasteiger charge is 2.07. The number of thiazole rings is 1. The van der Waals surface area contributed by atoms with Crippen LogP contribution in [-0.4, -0.2) is 25.7 Å². The largest absolute Gasteiger partial charge is 0.230 e. The first kappa shape index (κ1) is 14.9. The van der Waals surface area contributed by atoms with E-state index >= 15 is 0 Å². The lowest BCUT2D eigenvalue weighted by Crippen LogP contribution is -1.74. The summed E-state index contributed by atoms with van der Waals surface area (Å²) in [6.45, 7) is 0. The molecule has 104 valence electrons. The fourth-order valence-corrected chi connectivity index (χ4v) is 6.34. The highest BCUT2D eigenvalue weighted by molar-refractivity contribution is 8.17. The van der Waals surface area contributed by atoms with E-state index < -0.39 is 0 Å². The zero-order valence-corrected chi connectivity index (χ0v) is 15.0. The average molecular weight is 378 g/mol. The lowest BCUT2D eigenvalue weighted by atomic mass is 10.3. The summed E-state index contributed by atoms with van der Waals surface area (Å²) in [6.07, 6.45) is 1.98. The van der Waals surface area contributed by atoms with Gasteiger partial charge in [-0.3, -0.25) is 0 Å². The molecule has 0 bridgehead atoms. The van der Waals surface area contributed by atoms with Crippen molar-refractivity contribution in [1.29, 1.82) is 0 Å². The summed E-state index contributed by atoms with van der Waals surface area (Å²) in [5, 5.41) is 2.46. The molecule has 2 heterocycles. The van der Waals surface area contributed by atoms with E-state index in [-0.39, 0.29) is 0 Å². The van der Waals surface area contributed by atoms with E-state index in [1.807, 2.05) is 24.5 Å². The van der Waals surface area contributed by atoms with Gasteiger partial charge in [0.1, 0.15) is 0 Å². The van der Waals surface area contributed by atoms with Gasteiger partial charge in [0.15, 0.2) is 8.68 Å². The van der Waals surface area contributed by atoms with Crippen LogP contribution in [0.25, 0.3) is 10.2 Å². The summed E-state index contributed by atoms with van der Waals surface area (Å²) in [7, 11) is 0. The van der Waals surface area contributed by atoms with Crippen LogP contribution in [0.15, 0.2) is 32.0 Å². The molecule has 0 spiro atoms. The van der Waals surface area contributed by atoms with Crippen molar-refractivity contribution in [3.8, 4) is 0 Å². The highest BCUT2D eigenvalue weighted by atomic mass is 35.5. The van der Waals surface area contributed by atoms with Gasteiger partial charge in [0, 0.05) is 5.02 Å². The number of fused-ring (bicyclic) bond motifs is 1. The van der Waals surface area contributed by atoms with Crippen molar-refractivity contribution in [3.05, 3.63) is 23.2 Å². The molecule has 0 fully saturated rings. The summed E-state index contributed by atoms with van der Waals surface area (Å²) in [4.78, 5) is 8.97. The van der Waals surface area contributed by atoms with Crippen LogP contribution >= 0.6 is 69.8 Å². The predicted octanol–water partition coefficient (Wildman–Crippen LogP) is 5.37. The maximum Gasteiger partial charge on any atom is 0.200 e. The molecule has 1 aromatic carbocycles. The Kier molecular flexibility index (Phi) is 5.11. The minimum absolute atomic E-state index is 0.729. The second kappa shape index (κ2) is 6.85. The number of aromatic nitrogens is 3. The van der Waals surface area contributed by atoms with Crippen LogP contribution in [0.4, 0.5) is 0 Å². The van der Waals surface area contributed by atoms with Crippen molar-refractivity contribution in [1.82, 2.24) is 14.3 Å². The summed E-state index contributed by atoms with van der Waals surface area (Å²) in [6, 6.07) is 5.82. The van der Waals surface area contributed by atoms with E-state index in [0.29, 0.717) is 0 Å². The number of thioether (sulfide) groups is 3. The van der Waals surface area contributed by atoms with Gasteiger partial charge in [0.25, 0.3) is 0 Å². The molecule has 3 rings (SSSR count). The first-order valence-electron chi connectivity index (χ1n) is 5.44. The van der Waals surface area contributed by atoms with Crippen molar-refractivity contribution in [2.75, 3.05) is 11.3 Å². The van der Waals surface area contributed by atoms with E-state index in [1.54, 1.807) is 46.6 Å². The van der Waals surface area contributed by atoms with E-state index in [4.69, 9.17) is 11.6 Å². The number of benzene rings is 1. The van der Waals surface area contributed by atoms with Gasteiger partial charge in [-0.05, 0) is 36.0 Å². The van der Waals surface area contributed by atoms with Crippen molar-refractivity contribution in [3.63, 3.8) is 0 Å². The molecule has 0 N–H and O–H groups in total. The smallest absolute Gasteiger partial charge is 0.200 e. The van der Waals surface area contributed by atoms with Gasteiger partial charge < -0.3 is 0 Å². The maximum absolute atomic E-state index is 5.97. The predicted molar refractivity (Wildman–Crippen MR) is 92.9 cm³/mol. The molecule has 0 aliphatic heterocycles. The maximum atomic E-state index is 5.97. The Morgan fingerprint density at radius 3 is 2.85 bits per heavy atom. The first-order valence-corrected chi connectivity index (χ1v) is 10.6. The minimum Gasteiger partial charge on any atom is -0.230 e. The number of halogens is 1. The molecular weight excluding hydrogens is 370 g/mol. The molecular formula is C11H8ClN3S5. The topological polar surface area (TPSA) is 38.7 Å². The quantitative estimate of drug-likeness (QED) is 0.440. The van der Waals surface area contributed by atoms with Crippen LogP contribution in [0.5, 0.6) is 0 Å². The van der Waals surface area contributed by atoms with Crippen LogP contribution in [-0.2, 0) is 0 Å². The van der Waals surface area contributed by atoms with E-state index in [9.17, 15) is 0 Å². The molecule has 3 nitrogen and oxygen atoms in total. The molecule has 0 saturated carbocycles. The van der Waals surface area contributed by atoms with Crippen molar-refractivity contribution in [2.45, 2.75) is 13.8 Å². The highest BCUT2D eigenvalue weighted by Crippen LogP contribution is 2.34. The third-order valence-electron chi connectivity index (χ3n) is 2.27. The van der Waals surface area contributed by atoms with Gasteiger partial charge in [-0.25, -0.2) is 9.97 Å². The van der Waals surface area contributed by atoms with Gasteiger partial charge in [-0.15, -0.1) is 11.3 Å². The van der Waals surface area contributed by atoms with Crippen LogP contribution in [0, 0.1) is 0 Å². The van der Waals surface area contributed by atoms with Crippen LogP contribution in [0.3, 0.4) is 0 Å². The van der Waals surface area contributed by atoms with E-state index in [2.05, 4.69) is 14.3 Å². The molecule has 0 radical (unpaired) electrons. The summed E-state index contributed by atoms with van der Waals surface area (Å²) >= 11 is 14.1. The van der Waals surface area contributed by atoms with Crippen molar-refractivity contribution < 1.29 is 0 Å². The molecule has 0 atom stereocenters. The molecule has 9 heteroatoms. The fourth-order valence-electron chi connectivity index (χ4n) is 1.41. The summed E-state index contributed by atoms with van der Waals surface area (Å²) in [5.74, 6) is 0. The molecule has 0 aliphatic rings. The third-order valence-corrected chi connectivity index (χ3v) is 7.31. The van der Waals surface area contributed by atoms with Crippen molar-refractivity contribution >= 4 is 80.0 Å². The molecule has 0 saturated heterocycles. The molecule has 2 aromatic heterocycles. The zero-order valence-electron chi connectivity index (χ0n) is 10.2. The van der Waals surface area contributed by atoms with Crippen LogP contribution < -0.4 is 0 Å². The first-order chi connectivity index (χ1) is 9.74. The summed E-state index contributed by atoms with van der Waals surface area (Å²) < 4.78 is 7.47. The Labute approximate surface area is 142 Å². The van der Waals surface area contributed by atoms with Crippen molar-refractivity contribution in [2.24, 2.45) is 0 Å². The van der Waals surface area contributed by atoms with E-state index in [1.165, 1.54) is 16.2 Å². The van der Waals surface area contributed by atoms with Crippen LogP contribution in [0.2, 0.25) is 5.02 Å². The second-order valence-electron chi connectivity index (χ2n) is 3.55. The Balaban J connectivity index is 1.62. The lowest BCUT2D eigenvalue weighted by Gasteiger charge is -1.93. The Hall–Kier alpha value is 0.01000. The minimum atomic E-state index is 0.729. The SMILES string of the molecule is CSc1nsc(SCSc2nc3cc(Cl)ccc3s2)n1. The molecule has 0 aliphatic carbocycles. The van der Waals surface area contributed by atoms with Gasteiger partial charge in [-0.1, -0.05) is 46.9 Å². The number of rotatable bonds is 5. The van der Waals surface area contributed by atoms with E-state index in [0.717, 1.165) is 29.5 Å².